The number of primary amides is 1. The van der Waals surface area contributed by atoms with E-state index in [1.165, 1.54) is 28.2 Å². The van der Waals surface area contributed by atoms with Crippen LogP contribution >= 0.6 is 23.1 Å². The Hall–Kier alpha value is -1.79. The summed E-state index contributed by atoms with van der Waals surface area (Å²) in [4.78, 5) is 25.4. The van der Waals surface area contributed by atoms with Crippen molar-refractivity contribution in [2.24, 2.45) is 5.73 Å². The third-order valence-corrected chi connectivity index (χ3v) is 6.48. The molecule has 0 atom stereocenters. The summed E-state index contributed by atoms with van der Waals surface area (Å²) >= 11 is 3.08. The fourth-order valence-corrected chi connectivity index (χ4v) is 5.19. The molecule has 0 fully saturated rings. The summed E-state index contributed by atoms with van der Waals surface area (Å²) in [5.41, 5.74) is 8.38. The first-order chi connectivity index (χ1) is 12.1. The monoisotopic (exact) mass is 374 g/mol. The number of hydrogen-bond donors (Lipinski definition) is 2. The first-order valence-electron chi connectivity index (χ1n) is 8.51. The molecule has 3 rings (SSSR count). The summed E-state index contributed by atoms with van der Waals surface area (Å²) in [6.07, 6.45) is 5.23. The Morgan fingerprint density at radius 1 is 1.12 bits per heavy atom. The molecule has 4 nitrogen and oxygen atoms in total. The number of thiophene rings is 1. The number of benzene rings is 1. The highest BCUT2D eigenvalue weighted by molar-refractivity contribution is 7.99. The average molecular weight is 375 g/mol. The molecule has 1 aromatic carbocycles. The summed E-state index contributed by atoms with van der Waals surface area (Å²) < 4.78 is 0. The Labute approximate surface area is 156 Å². The van der Waals surface area contributed by atoms with Crippen LogP contribution in [0.25, 0.3) is 0 Å². The maximum Gasteiger partial charge on any atom is 0.251 e. The number of nitrogens with two attached hydrogens (primary N) is 1. The lowest BCUT2D eigenvalue weighted by Crippen LogP contribution is -2.19. The molecule has 3 N–H and O–H groups in total. The SMILES string of the molecule is NC(=O)c1c(NC(=O)CSCc2ccccc2)sc2c1CCCCC2. The average Bonchev–Trinajstić information content (AvgIpc) is 2.77. The van der Waals surface area contributed by atoms with Gasteiger partial charge in [-0.2, -0.15) is 0 Å². The van der Waals surface area contributed by atoms with E-state index in [-0.39, 0.29) is 5.91 Å². The normalized spacial score (nSPS) is 13.8. The van der Waals surface area contributed by atoms with Crippen molar-refractivity contribution in [3.8, 4) is 0 Å². The summed E-state index contributed by atoms with van der Waals surface area (Å²) in [7, 11) is 0. The van der Waals surface area contributed by atoms with E-state index in [9.17, 15) is 9.59 Å². The minimum absolute atomic E-state index is 0.0835. The Kier molecular flexibility index (Phi) is 6.15. The molecule has 2 amide bonds. The highest BCUT2D eigenvalue weighted by Gasteiger charge is 2.24. The smallest absolute Gasteiger partial charge is 0.251 e. The van der Waals surface area contributed by atoms with E-state index in [0.717, 1.165) is 37.0 Å². The number of hydrogen-bond acceptors (Lipinski definition) is 4. The second-order valence-electron chi connectivity index (χ2n) is 6.16. The van der Waals surface area contributed by atoms with E-state index in [1.54, 1.807) is 11.8 Å². The predicted octanol–water partition coefficient (Wildman–Crippen LogP) is 3.99. The predicted molar refractivity (Wildman–Crippen MR) is 105 cm³/mol. The van der Waals surface area contributed by atoms with Crippen molar-refractivity contribution in [2.45, 2.75) is 37.9 Å². The van der Waals surface area contributed by atoms with Gasteiger partial charge in [-0.15, -0.1) is 23.1 Å². The molecule has 0 radical (unpaired) electrons. The van der Waals surface area contributed by atoms with E-state index in [2.05, 4.69) is 5.32 Å². The number of thioether (sulfide) groups is 1. The number of amides is 2. The van der Waals surface area contributed by atoms with Crippen LogP contribution in [0.2, 0.25) is 0 Å². The summed E-state index contributed by atoms with van der Waals surface area (Å²) in [5, 5.41) is 3.54. The van der Waals surface area contributed by atoms with Crippen molar-refractivity contribution < 1.29 is 9.59 Å². The summed E-state index contributed by atoms with van der Waals surface area (Å²) in [5.74, 6) is 0.625. The molecule has 2 aromatic rings. The lowest BCUT2D eigenvalue weighted by molar-refractivity contribution is -0.113. The molecule has 132 valence electrons. The van der Waals surface area contributed by atoms with Gasteiger partial charge in [-0.25, -0.2) is 0 Å². The zero-order valence-corrected chi connectivity index (χ0v) is 15.7. The maximum absolute atomic E-state index is 12.3. The van der Waals surface area contributed by atoms with Gasteiger partial charge in [-0.3, -0.25) is 9.59 Å². The topological polar surface area (TPSA) is 72.2 Å². The quantitative estimate of drug-likeness (QED) is 0.751. The van der Waals surface area contributed by atoms with Gasteiger partial charge < -0.3 is 11.1 Å². The molecule has 1 aromatic heterocycles. The molecule has 1 aliphatic carbocycles. The number of carbonyl (C=O) groups excluding carboxylic acids is 2. The van der Waals surface area contributed by atoms with Gasteiger partial charge in [0.15, 0.2) is 0 Å². The maximum atomic E-state index is 12.3. The van der Waals surface area contributed by atoms with E-state index >= 15 is 0 Å². The van der Waals surface area contributed by atoms with Gasteiger partial charge in [-0.1, -0.05) is 36.8 Å². The van der Waals surface area contributed by atoms with Gasteiger partial charge in [0.2, 0.25) is 5.91 Å². The van der Waals surface area contributed by atoms with Crippen molar-refractivity contribution in [1.29, 1.82) is 0 Å². The number of nitrogens with one attached hydrogen (secondary N) is 1. The molecule has 0 spiro atoms. The molecule has 0 saturated carbocycles. The van der Waals surface area contributed by atoms with Crippen LogP contribution in [0.5, 0.6) is 0 Å². The number of aryl methyl sites for hydroxylation is 1. The molecule has 0 saturated heterocycles. The van der Waals surface area contributed by atoms with Gasteiger partial charge in [0.05, 0.1) is 11.3 Å². The molecular weight excluding hydrogens is 352 g/mol. The van der Waals surface area contributed by atoms with Crippen LogP contribution in [-0.2, 0) is 23.4 Å². The summed E-state index contributed by atoms with van der Waals surface area (Å²) in [6, 6.07) is 10.1. The summed E-state index contributed by atoms with van der Waals surface area (Å²) in [6.45, 7) is 0. The van der Waals surface area contributed by atoms with Crippen LogP contribution in [0.1, 0.15) is 45.6 Å². The Morgan fingerprint density at radius 2 is 1.88 bits per heavy atom. The van der Waals surface area contributed by atoms with Gasteiger partial charge in [0.25, 0.3) is 5.91 Å². The lowest BCUT2D eigenvalue weighted by Gasteiger charge is -2.06. The van der Waals surface area contributed by atoms with Crippen LogP contribution in [0.4, 0.5) is 5.00 Å². The van der Waals surface area contributed by atoms with E-state index in [1.807, 2.05) is 30.3 Å². The molecular formula is C19H22N2O2S2. The number of carbonyl (C=O) groups is 2. The van der Waals surface area contributed by atoms with Crippen molar-refractivity contribution in [2.75, 3.05) is 11.1 Å². The van der Waals surface area contributed by atoms with Crippen LogP contribution in [0.3, 0.4) is 0 Å². The van der Waals surface area contributed by atoms with Crippen LogP contribution in [0, 0.1) is 0 Å². The van der Waals surface area contributed by atoms with Gasteiger partial charge >= 0.3 is 0 Å². The first kappa shape index (κ1) is 18.0. The minimum atomic E-state index is -0.438. The Bertz CT molecular complexity index is 756. The van der Waals surface area contributed by atoms with Crippen molar-refractivity contribution in [3.63, 3.8) is 0 Å². The molecule has 0 unspecified atom stereocenters. The zero-order chi connectivity index (χ0) is 17.6. The van der Waals surface area contributed by atoms with E-state index in [0.29, 0.717) is 16.3 Å². The Balaban J connectivity index is 1.63. The van der Waals surface area contributed by atoms with Crippen molar-refractivity contribution >= 4 is 39.9 Å². The molecule has 25 heavy (non-hydrogen) atoms. The number of anilines is 1. The largest absolute Gasteiger partial charge is 0.365 e. The molecule has 0 bridgehead atoms. The molecule has 1 aliphatic rings. The second kappa shape index (κ2) is 8.54. The Morgan fingerprint density at radius 3 is 2.64 bits per heavy atom. The standard InChI is InChI=1S/C19H22N2O2S2/c20-18(23)17-14-9-5-2-6-10-15(14)25-19(17)21-16(22)12-24-11-13-7-3-1-4-8-13/h1,3-4,7-8H,2,5-6,9-12H2,(H2,20,23)(H,21,22). The van der Waals surface area contributed by atoms with Crippen LogP contribution in [0.15, 0.2) is 30.3 Å². The first-order valence-corrected chi connectivity index (χ1v) is 10.5. The molecule has 6 heteroatoms. The number of fused-ring (bicyclic) bond motifs is 1. The lowest BCUT2D eigenvalue weighted by atomic mass is 10.1. The fraction of sp³-hybridized carbons (Fsp3) is 0.368. The van der Waals surface area contributed by atoms with Gasteiger partial charge in [-0.05, 0) is 36.8 Å². The zero-order valence-electron chi connectivity index (χ0n) is 14.0. The van der Waals surface area contributed by atoms with Gasteiger partial charge in [0.1, 0.15) is 5.00 Å². The molecule has 1 heterocycles. The highest BCUT2D eigenvalue weighted by atomic mass is 32.2. The van der Waals surface area contributed by atoms with Crippen molar-refractivity contribution in [3.05, 3.63) is 51.9 Å². The van der Waals surface area contributed by atoms with E-state index < -0.39 is 5.91 Å². The van der Waals surface area contributed by atoms with Crippen LogP contribution < -0.4 is 11.1 Å². The van der Waals surface area contributed by atoms with E-state index in [4.69, 9.17) is 5.73 Å². The van der Waals surface area contributed by atoms with Gasteiger partial charge in [0, 0.05) is 10.6 Å². The third-order valence-electron chi connectivity index (χ3n) is 4.27. The third kappa shape index (κ3) is 4.64. The number of rotatable bonds is 6. The molecule has 0 aliphatic heterocycles. The second-order valence-corrected chi connectivity index (χ2v) is 8.25. The highest BCUT2D eigenvalue weighted by Crippen LogP contribution is 2.37. The fourth-order valence-electron chi connectivity index (χ4n) is 3.09. The minimum Gasteiger partial charge on any atom is -0.365 e. The van der Waals surface area contributed by atoms with Crippen LogP contribution in [-0.4, -0.2) is 17.6 Å². The van der Waals surface area contributed by atoms with Crippen molar-refractivity contribution in [1.82, 2.24) is 0 Å².